The first-order valence-corrected chi connectivity index (χ1v) is 11.3. The maximum atomic E-state index is 10.0. The SMILES string of the molecule is CC(C)(O)Cn1cc(-c2ccc(-c3cnc4[nH]ccc4c3C#CC(C)(C)COCN)cc2)cn1. The van der Waals surface area contributed by atoms with Crippen LogP contribution in [0.5, 0.6) is 0 Å². The van der Waals surface area contributed by atoms with Crippen molar-refractivity contribution in [1.82, 2.24) is 19.7 Å². The van der Waals surface area contributed by atoms with Gasteiger partial charge in [0.15, 0.2) is 0 Å². The van der Waals surface area contributed by atoms with Crippen molar-refractivity contribution in [2.45, 2.75) is 39.8 Å². The lowest BCUT2D eigenvalue weighted by molar-refractivity contribution is 0.0577. The molecule has 4 aromatic rings. The summed E-state index contributed by atoms with van der Waals surface area (Å²) in [6.07, 6.45) is 7.51. The Kier molecular flexibility index (Phi) is 6.58. The highest BCUT2D eigenvalue weighted by Crippen LogP contribution is 2.30. The molecule has 0 saturated heterocycles. The number of nitrogens with zero attached hydrogens (tertiary/aromatic N) is 3. The molecule has 0 atom stereocenters. The summed E-state index contributed by atoms with van der Waals surface area (Å²) in [5, 5.41) is 15.4. The van der Waals surface area contributed by atoms with Crippen molar-refractivity contribution in [3.63, 3.8) is 0 Å². The number of benzene rings is 1. The molecule has 34 heavy (non-hydrogen) atoms. The number of rotatable bonds is 7. The molecule has 4 N–H and O–H groups in total. The van der Waals surface area contributed by atoms with E-state index in [1.54, 1.807) is 18.5 Å². The molecule has 0 aliphatic heterocycles. The average molecular weight is 458 g/mol. The second-order valence-electron chi connectivity index (χ2n) is 9.75. The van der Waals surface area contributed by atoms with Crippen molar-refractivity contribution < 1.29 is 9.84 Å². The third-order valence-electron chi connectivity index (χ3n) is 5.40. The summed E-state index contributed by atoms with van der Waals surface area (Å²) in [5.74, 6) is 6.75. The average Bonchev–Trinajstić information content (AvgIpc) is 3.45. The van der Waals surface area contributed by atoms with Crippen LogP contribution >= 0.6 is 0 Å². The first kappa shape index (κ1) is 23.7. The summed E-state index contributed by atoms with van der Waals surface area (Å²) >= 11 is 0. The molecule has 0 spiro atoms. The summed E-state index contributed by atoms with van der Waals surface area (Å²) in [6.45, 7) is 8.69. The van der Waals surface area contributed by atoms with Gasteiger partial charge in [0, 0.05) is 46.1 Å². The zero-order valence-electron chi connectivity index (χ0n) is 20.1. The monoisotopic (exact) mass is 457 g/mol. The van der Waals surface area contributed by atoms with E-state index in [9.17, 15) is 5.11 Å². The summed E-state index contributed by atoms with van der Waals surface area (Å²) in [7, 11) is 0. The standard InChI is InChI=1S/C27H31N5O2/c1-26(2,17-34-18-28)11-9-22-23-10-12-29-25(23)30-14-24(22)20-7-5-19(6-8-20)21-13-31-32(15-21)16-27(3,4)33/h5-8,10,12-15,33H,16-18,28H2,1-4H3,(H,29,30). The van der Waals surface area contributed by atoms with E-state index in [0.29, 0.717) is 13.2 Å². The molecule has 0 amide bonds. The van der Waals surface area contributed by atoms with Crippen molar-refractivity contribution in [3.8, 4) is 34.1 Å². The fourth-order valence-electron chi connectivity index (χ4n) is 3.78. The molecule has 0 unspecified atom stereocenters. The Hall–Kier alpha value is -3.44. The van der Waals surface area contributed by atoms with Crippen LogP contribution < -0.4 is 5.73 Å². The molecule has 7 heteroatoms. The van der Waals surface area contributed by atoms with E-state index in [1.807, 2.05) is 44.7 Å². The van der Waals surface area contributed by atoms with Gasteiger partial charge in [-0.05, 0) is 44.9 Å². The second-order valence-corrected chi connectivity index (χ2v) is 9.75. The molecule has 176 valence electrons. The van der Waals surface area contributed by atoms with E-state index in [4.69, 9.17) is 10.5 Å². The smallest absolute Gasteiger partial charge is 0.138 e. The fraction of sp³-hybridized carbons (Fsp3) is 0.333. The zero-order chi connectivity index (χ0) is 24.3. The maximum absolute atomic E-state index is 10.0. The predicted molar refractivity (Wildman–Crippen MR) is 135 cm³/mol. The fourth-order valence-corrected chi connectivity index (χ4v) is 3.78. The lowest BCUT2D eigenvalue weighted by atomic mass is 9.93. The number of aromatic amines is 1. The first-order valence-electron chi connectivity index (χ1n) is 11.3. The number of H-pyrrole nitrogens is 1. The van der Waals surface area contributed by atoms with Gasteiger partial charge in [-0.25, -0.2) is 4.98 Å². The Labute approximate surface area is 200 Å². The Morgan fingerprint density at radius 3 is 2.50 bits per heavy atom. The molecule has 0 radical (unpaired) electrons. The minimum atomic E-state index is -0.820. The zero-order valence-corrected chi connectivity index (χ0v) is 20.1. The normalized spacial score (nSPS) is 12.1. The highest BCUT2D eigenvalue weighted by Gasteiger charge is 2.17. The van der Waals surface area contributed by atoms with Gasteiger partial charge in [-0.3, -0.25) is 4.68 Å². The number of nitrogens with one attached hydrogen (secondary N) is 1. The molecule has 7 nitrogen and oxygen atoms in total. The molecule has 4 rings (SSSR count). The second kappa shape index (κ2) is 9.43. The van der Waals surface area contributed by atoms with Crippen LogP contribution in [0.15, 0.2) is 55.1 Å². The number of aromatic nitrogens is 4. The maximum Gasteiger partial charge on any atom is 0.138 e. The van der Waals surface area contributed by atoms with E-state index in [0.717, 1.165) is 38.9 Å². The first-order chi connectivity index (χ1) is 16.1. The number of hydrogen-bond acceptors (Lipinski definition) is 5. The van der Waals surface area contributed by atoms with Crippen LogP contribution in [-0.2, 0) is 11.3 Å². The van der Waals surface area contributed by atoms with E-state index < -0.39 is 5.60 Å². The Morgan fingerprint density at radius 2 is 1.79 bits per heavy atom. The summed E-state index contributed by atoms with van der Waals surface area (Å²) < 4.78 is 7.15. The van der Waals surface area contributed by atoms with E-state index in [2.05, 4.69) is 51.2 Å². The highest BCUT2D eigenvalue weighted by molar-refractivity contribution is 5.90. The van der Waals surface area contributed by atoms with Crippen molar-refractivity contribution >= 4 is 11.0 Å². The molecule has 3 aromatic heterocycles. The largest absolute Gasteiger partial charge is 0.389 e. The molecule has 0 fully saturated rings. The quantitative estimate of drug-likeness (QED) is 0.285. The predicted octanol–water partition coefficient (Wildman–Crippen LogP) is 4.17. The molecule has 0 saturated carbocycles. The van der Waals surface area contributed by atoms with Crippen LogP contribution in [0.25, 0.3) is 33.3 Å². The van der Waals surface area contributed by atoms with Gasteiger partial charge in [0.05, 0.1) is 31.7 Å². The lowest BCUT2D eigenvalue weighted by Gasteiger charge is -2.16. The van der Waals surface area contributed by atoms with Gasteiger partial charge in [-0.2, -0.15) is 5.10 Å². The topological polar surface area (TPSA) is 102 Å². The highest BCUT2D eigenvalue weighted by atomic mass is 16.5. The number of nitrogens with two attached hydrogens (primary N) is 1. The molecule has 0 aliphatic rings. The summed E-state index contributed by atoms with van der Waals surface area (Å²) in [4.78, 5) is 7.76. The minimum Gasteiger partial charge on any atom is -0.389 e. The van der Waals surface area contributed by atoms with Crippen LogP contribution in [0.1, 0.15) is 33.3 Å². The lowest BCUT2D eigenvalue weighted by Crippen LogP contribution is -2.26. The molecule has 1 aromatic carbocycles. The van der Waals surface area contributed by atoms with Crippen molar-refractivity contribution in [2.75, 3.05) is 13.3 Å². The van der Waals surface area contributed by atoms with E-state index in [-0.39, 0.29) is 12.1 Å². The van der Waals surface area contributed by atoms with Gasteiger partial charge in [0.25, 0.3) is 0 Å². The molecule has 3 heterocycles. The van der Waals surface area contributed by atoms with Crippen molar-refractivity contribution in [3.05, 3.63) is 60.7 Å². The van der Waals surface area contributed by atoms with Crippen LogP contribution in [0.3, 0.4) is 0 Å². The van der Waals surface area contributed by atoms with Crippen molar-refractivity contribution in [2.24, 2.45) is 11.1 Å². The molecule has 0 bridgehead atoms. The third-order valence-corrected chi connectivity index (χ3v) is 5.40. The Balaban J connectivity index is 1.67. The van der Waals surface area contributed by atoms with Crippen molar-refractivity contribution in [1.29, 1.82) is 0 Å². The number of pyridine rings is 1. The van der Waals surface area contributed by atoms with Crippen LogP contribution in [-0.4, -0.2) is 43.8 Å². The van der Waals surface area contributed by atoms with Gasteiger partial charge < -0.3 is 20.6 Å². The Bertz CT molecular complexity index is 1330. The van der Waals surface area contributed by atoms with E-state index in [1.165, 1.54) is 0 Å². The summed E-state index contributed by atoms with van der Waals surface area (Å²) in [5.41, 5.74) is 10.1. The van der Waals surface area contributed by atoms with Gasteiger partial charge in [0.1, 0.15) is 5.65 Å². The third kappa shape index (κ3) is 5.54. The van der Waals surface area contributed by atoms with Crippen LogP contribution in [0.2, 0.25) is 0 Å². The van der Waals surface area contributed by atoms with Crippen LogP contribution in [0, 0.1) is 17.3 Å². The number of fused-ring (bicyclic) bond motifs is 1. The van der Waals surface area contributed by atoms with E-state index >= 15 is 0 Å². The Morgan fingerprint density at radius 1 is 1.06 bits per heavy atom. The molecular weight excluding hydrogens is 426 g/mol. The number of hydrogen-bond donors (Lipinski definition) is 3. The van der Waals surface area contributed by atoms with Crippen LogP contribution in [0.4, 0.5) is 0 Å². The number of ether oxygens (including phenoxy) is 1. The van der Waals surface area contributed by atoms with Gasteiger partial charge in [-0.15, -0.1) is 0 Å². The van der Waals surface area contributed by atoms with Gasteiger partial charge >= 0.3 is 0 Å². The van der Waals surface area contributed by atoms with Gasteiger partial charge in [0.2, 0.25) is 0 Å². The molecule has 0 aliphatic carbocycles. The minimum absolute atomic E-state index is 0.177. The van der Waals surface area contributed by atoms with Gasteiger partial charge in [-0.1, -0.05) is 36.1 Å². The number of aliphatic hydroxyl groups is 1. The summed E-state index contributed by atoms with van der Waals surface area (Å²) in [6, 6.07) is 10.3. The molecular formula is C27H31N5O2.